The largest absolute Gasteiger partial charge is 0.305 e. The molecule has 1 N–H and O–H groups in total. The maximum Gasteiger partial charge on any atom is 0.0572 e. The van der Waals surface area contributed by atoms with Gasteiger partial charge in [-0.25, -0.2) is 0 Å². The van der Waals surface area contributed by atoms with Gasteiger partial charge in [0.05, 0.1) is 7.11 Å². The molecule has 0 spiro atoms. The van der Waals surface area contributed by atoms with Gasteiger partial charge < -0.3 is 4.84 Å². The Kier molecular flexibility index (Phi) is 1.97. The normalized spacial score (nSPS) is 47.1. The number of nitrogens with one attached hydrogen (secondary N) is 1. The summed E-state index contributed by atoms with van der Waals surface area (Å²) >= 11 is 0. The van der Waals surface area contributed by atoms with Gasteiger partial charge in [-0.2, -0.15) is 5.48 Å². The lowest BCUT2D eigenvalue weighted by Gasteiger charge is -2.42. The first-order valence-electron chi connectivity index (χ1n) is 5.29. The smallest absolute Gasteiger partial charge is 0.0572 e. The molecule has 13 heavy (non-hydrogen) atoms. The summed E-state index contributed by atoms with van der Waals surface area (Å²) in [4.78, 5) is 5.13. The maximum absolute atomic E-state index is 5.13. The average molecular weight is 183 g/mol. The molecule has 0 aliphatic heterocycles. The Labute approximate surface area is 81.0 Å². The van der Waals surface area contributed by atoms with Crippen molar-refractivity contribution in [3.05, 3.63) is 0 Å². The minimum atomic E-state index is 0.406. The van der Waals surface area contributed by atoms with Crippen molar-refractivity contribution in [2.45, 2.75) is 46.1 Å². The molecule has 0 aromatic rings. The second-order valence-electron chi connectivity index (χ2n) is 5.67. The molecule has 3 atom stereocenters. The lowest BCUT2D eigenvalue weighted by molar-refractivity contribution is -0.0272. The summed E-state index contributed by atoms with van der Waals surface area (Å²) in [6, 6.07) is 0.531. The van der Waals surface area contributed by atoms with E-state index in [9.17, 15) is 0 Å². The third-order valence-corrected chi connectivity index (χ3v) is 4.51. The number of hydroxylamine groups is 1. The monoisotopic (exact) mass is 183 g/mol. The van der Waals surface area contributed by atoms with Crippen LogP contribution < -0.4 is 5.48 Å². The van der Waals surface area contributed by atoms with Crippen molar-refractivity contribution in [1.29, 1.82) is 0 Å². The van der Waals surface area contributed by atoms with Crippen molar-refractivity contribution < 1.29 is 4.84 Å². The van der Waals surface area contributed by atoms with Crippen LogP contribution in [-0.2, 0) is 4.84 Å². The second kappa shape index (κ2) is 2.71. The highest BCUT2D eigenvalue weighted by Crippen LogP contribution is 2.62. The van der Waals surface area contributed by atoms with Crippen LogP contribution in [0, 0.1) is 16.7 Å². The van der Waals surface area contributed by atoms with Gasteiger partial charge in [0.2, 0.25) is 0 Å². The van der Waals surface area contributed by atoms with Crippen molar-refractivity contribution in [3.63, 3.8) is 0 Å². The summed E-state index contributed by atoms with van der Waals surface area (Å²) < 4.78 is 0. The van der Waals surface area contributed by atoms with Gasteiger partial charge >= 0.3 is 0 Å². The molecule has 2 saturated carbocycles. The van der Waals surface area contributed by atoms with Gasteiger partial charge in [-0.1, -0.05) is 20.8 Å². The lowest BCUT2D eigenvalue weighted by Crippen LogP contribution is -2.49. The van der Waals surface area contributed by atoms with Crippen molar-refractivity contribution in [2.24, 2.45) is 16.7 Å². The van der Waals surface area contributed by atoms with Crippen LogP contribution in [0.3, 0.4) is 0 Å². The summed E-state index contributed by atoms with van der Waals surface area (Å²) in [6.45, 7) is 7.15. The fourth-order valence-corrected chi connectivity index (χ4v) is 3.71. The standard InChI is InChI=1S/C11H21NO/c1-10(2)8-5-6-11(3,7-8)9(10)12-13-4/h8-9,12H,5-7H2,1-4H3/t8-,9?,11+/m0/s1. The van der Waals surface area contributed by atoms with Crippen molar-refractivity contribution in [3.8, 4) is 0 Å². The highest BCUT2D eigenvalue weighted by molar-refractivity contribution is 5.11. The lowest BCUT2D eigenvalue weighted by atomic mass is 9.69. The molecule has 2 aliphatic carbocycles. The van der Waals surface area contributed by atoms with Gasteiger partial charge in [0, 0.05) is 6.04 Å². The molecule has 2 heteroatoms. The molecule has 0 aromatic heterocycles. The minimum Gasteiger partial charge on any atom is -0.305 e. The van der Waals surface area contributed by atoms with E-state index in [4.69, 9.17) is 4.84 Å². The molecule has 0 aromatic carbocycles. The zero-order valence-corrected chi connectivity index (χ0v) is 9.18. The predicted molar refractivity (Wildman–Crippen MR) is 53.2 cm³/mol. The first-order chi connectivity index (χ1) is 6.00. The number of fused-ring (bicyclic) bond motifs is 2. The van der Waals surface area contributed by atoms with Crippen molar-refractivity contribution >= 4 is 0 Å². The molecule has 2 bridgehead atoms. The van der Waals surface area contributed by atoms with Gasteiger partial charge in [0.15, 0.2) is 0 Å². The summed E-state index contributed by atoms with van der Waals surface area (Å²) in [7, 11) is 1.73. The summed E-state index contributed by atoms with van der Waals surface area (Å²) in [6.07, 6.45) is 4.15. The van der Waals surface area contributed by atoms with E-state index in [0.717, 1.165) is 5.92 Å². The molecular weight excluding hydrogens is 162 g/mol. The van der Waals surface area contributed by atoms with Crippen LogP contribution in [0.15, 0.2) is 0 Å². The Bertz CT molecular complexity index is 209. The van der Waals surface area contributed by atoms with Gasteiger partial charge in [-0.05, 0) is 36.0 Å². The molecular formula is C11H21NO. The van der Waals surface area contributed by atoms with Gasteiger partial charge in [0.1, 0.15) is 0 Å². The highest BCUT2D eigenvalue weighted by atomic mass is 16.6. The van der Waals surface area contributed by atoms with Crippen molar-refractivity contribution in [1.82, 2.24) is 5.48 Å². The highest BCUT2D eigenvalue weighted by Gasteiger charge is 2.59. The Morgan fingerprint density at radius 1 is 1.31 bits per heavy atom. The Morgan fingerprint density at radius 2 is 2.00 bits per heavy atom. The summed E-state index contributed by atoms with van der Waals surface area (Å²) in [5.41, 5.74) is 4.09. The van der Waals surface area contributed by atoms with Crippen LogP contribution >= 0.6 is 0 Å². The molecule has 76 valence electrons. The van der Waals surface area contributed by atoms with E-state index in [0.29, 0.717) is 16.9 Å². The topological polar surface area (TPSA) is 21.3 Å². The van der Waals surface area contributed by atoms with Crippen molar-refractivity contribution in [2.75, 3.05) is 7.11 Å². The average Bonchev–Trinajstić information content (AvgIpc) is 2.50. The molecule has 0 amide bonds. The molecule has 1 unspecified atom stereocenters. The van der Waals surface area contributed by atoms with Gasteiger partial charge in [-0.15, -0.1) is 0 Å². The van der Waals surface area contributed by atoms with Gasteiger partial charge in [-0.3, -0.25) is 0 Å². The Morgan fingerprint density at radius 3 is 2.46 bits per heavy atom. The van der Waals surface area contributed by atoms with Gasteiger partial charge in [0.25, 0.3) is 0 Å². The van der Waals surface area contributed by atoms with E-state index in [2.05, 4.69) is 26.3 Å². The van der Waals surface area contributed by atoms with E-state index in [1.54, 1.807) is 7.11 Å². The van der Waals surface area contributed by atoms with E-state index in [1.807, 2.05) is 0 Å². The van der Waals surface area contributed by atoms with Crippen LogP contribution in [0.2, 0.25) is 0 Å². The third-order valence-electron chi connectivity index (χ3n) is 4.51. The summed E-state index contributed by atoms with van der Waals surface area (Å²) in [5.74, 6) is 0.894. The number of hydrogen-bond acceptors (Lipinski definition) is 2. The van der Waals surface area contributed by atoms with Crippen LogP contribution in [0.4, 0.5) is 0 Å². The molecule has 0 saturated heterocycles. The SMILES string of the molecule is CONC1C(C)(C)[C@H]2CC[C@]1(C)C2. The number of rotatable bonds is 2. The van der Waals surface area contributed by atoms with Crippen LogP contribution in [-0.4, -0.2) is 13.2 Å². The molecule has 2 aliphatic rings. The first-order valence-corrected chi connectivity index (χ1v) is 5.29. The maximum atomic E-state index is 5.13. The van der Waals surface area contributed by atoms with Crippen LogP contribution in [0.25, 0.3) is 0 Å². The van der Waals surface area contributed by atoms with E-state index >= 15 is 0 Å². The molecule has 0 radical (unpaired) electrons. The second-order valence-corrected chi connectivity index (χ2v) is 5.67. The Hall–Kier alpha value is -0.0800. The molecule has 2 fully saturated rings. The van der Waals surface area contributed by atoms with E-state index in [1.165, 1.54) is 19.3 Å². The van der Waals surface area contributed by atoms with Crippen LogP contribution in [0.1, 0.15) is 40.0 Å². The zero-order valence-electron chi connectivity index (χ0n) is 9.18. The quantitative estimate of drug-likeness (QED) is 0.663. The minimum absolute atomic E-state index is 0.406. The molecule has 2 nitrogen and oxygen atoms in total. The van der Waals surface area contributed by atoms with E-state index < -0.39 is 0 Å². The Balaban J connectivity index is 2.23. The third kappa shape index (κ3) is 1.15. The fraction of sp³-hybridized carbons (Fsp3) is 1.00. The molecule has 0 heterocycles. The first kappa shape index (κ1) is 9.47. The summed E-state index contributed by atoms with van der Waals surface area (Å²) in [5, 5.41) is 0. The zero-order chi connectivity index (χ0) is 9.69. The van der Waals surface area contributed by atoms with E-state index in [-0.39, 0.29) is 0 Å². The molecule has 2 rings (SSSR count). The predicted octanol–water partition coefficient (Wildman–Crippen LogP) is 2.35. The fourth-order valence-electron chi connectivity index (χ4n) is 3.71. The number of hydrogen-bond donors (Lipinski definition) is 1. The van der Waals surface area contributed by atoms with Crippen LogP contribution in [0.5, 0.6) is 0 Å².